The minimum absolute atomic E-state index is 0.0541. The van der Waals surface area contributed by atoms with Gasteiger partial charge in [-0.15, -0.1) is 0 Å². The van der Waals surface area contributed by atoms with Gasteiger partial charge in [-0.05, 0) is 104 Å². The van der Waals surface area contributed by atoms with E-state index in [2.05, 4.69) is 0 Å². The number of carboxylic acids is 1. The van der Waals surface area contributed by atoms with E-state index in [9.17, 15) is 35.6 Å². The number of hydrogen-bond donors (Lipinski definition) is 1. The number of carbonyl (C=O) groups excluding carboxylic acids is 1. The molecule has 240 valence electrons. The van der Waals surface area contributed by atoms with Gasteiger partial charge in [0.2, 0.25) is 0 Å². The van der Waals surface area contributed by atoms with Crippen LogP contribution in [-0.4, -0.2) is 32.6 Å². The van der Waals surface area contributed by atoms with E-state index < -0.39 is 60.4 Å². The Balaban J connectivity index is 1.50. The number of halogens is 5. The van der Waals surface area contributed by atoms with E-state index >= 15 is 4.39 Å². The molecule has 0 bridgehead atoms. The molecule has 4 rings (SSSR count). The molecule has 45 heavy (non-hydrogen) atoms. The third kappa shape index (κ3) is 7.52. The molecule has 0 aromatic heterocycles. The maximum absolute atomic E-state index is 15.1. The van der Waals surface area contributed by atoms with Gasteiger partial charge in [0.05, 0.1) is 17.6 Å². The number of hydrogen-bond acceptors (Lipinski definition) is 6. The van der Waals surface area contributed by atoms with Crippen LogP contribution in [0.4, 0.5) is 22.0 Å². The normalized spacial score (nSPS) is 18.9. The monoisotopic (exact) mass is 652 g/mol. The quantitative estimate of drug-likeness (QED) is 0.106. The molecule has 1 aliphatic carbocycles. The fourth-order valence-electron chi connectivity index (χ4n) is 5.55. The topological polar surface area (TPSA) is 107 Å². The van der Waals surface area contributed by atoms with E-state index in [0.717, 1.165) is 36.4 Å². The van der Waals surface area contributed by atoms with Gasteiger partial charge in [-0.25, -0.2) is 22.0 Å². The van der Waals surface area contributed by atoms with E-state index in [0.29, 0.717) is 24.1 Å². The van der Waals surface area contributed by atoms with E-state index in [-0.39, 0.29) is 49.5 Å². The Morgan fingerprint density at radius 3 is 2.24 bits per heavy atom. The van der Waals surface area contributed by atoms with Gasteiger partial charge >= 0.3 is 18.1 Å². The summed E-state index contributed by atoms with van der Waals surface area (Å²) in [4.78, 5) is 23.0. The summed E-state index contributed by atoms with van der Waals surface area (Å²) in [5.74, 6) is -3.43. The summed E-state index contributed by atoms with van der Waals surface area (Å²) in [6, 6.07) is 9.87. The molecule has 0 spiro atoms. The fourth-order valence-corrected chi connectivity index (χ4v) is 7.71. The smallest absolute Gasteiger partial charge is 0.416 e. The summed E-state index contributed by atoms with van der Waals surface area (Å²) in [5, 5.41) is 8.79. The van der Waals surface area contributed by atoms with Crippen LogP contribution in [0.5, 0.6) is 11.5 Å². The van der Waals surface area contributed by atoms with Crippen molar-refractivity contribution in [1.29, 1.82) is 0 Å². The Morgan fingerprint density at radius 2 is 1.64 bits per heavy atom. The van der Waals surface area contributed by atoms with Crippen LogP contribution in [0.1, 0.15) is 55.2 Å². The first-order chi connectivity index (χ1) is 21.2. The van der Waals surface area contributed by atoms with Crippen LogP contribution in [-0.2, 0) is 30.3 Å². The first kappa shape index (κ1) is 33.6. The molecule has 0 saturated heterocycles. The van der Waals surface area contributed by atoms with Gasteiger partial charge in [0.25, 0.3) is 0 Å². The van der Waals surface area contributed by atoms with Gasteiger partial charge in [-0.2, -0.15) is 13.2 Å². The molecule has 13 heteroatoms. The van der Waals surface area contributed by atoms with Crippen LogP contribution in [0.15, 0.2) is 71.6 Å². The summed E-state index contributed by atoms with van der Waals surface area (Å²) in [5.41, 5.74) is -0.943. The number of sulfone groups is 1. The minimum Gasteiger partial charge on any atom is -0.493 e. The second kappa shape index (κ2) is 13.4. The lowest BCUT2D eigenvalue weighted by Gasteiger charge is -2.40. The average Bonchev–Trinajstić information content (AvgIpc) is 3.00. The average molecular weight is 653 g/mol. The lowest BCUT2D eigenvalue weighted by atomic mass is 9.76. The van der Waals surface area contributed by atoms with Crippen LogP contribution in [0, 0.1) is 17.6 Å². The maximum Gasteiger partial charge on any atom is 0.416 e. The molecule has 3 aromatic rings. The first-order valence-electron chi connectivity index (χ1n) is 13.8. The summed E-state index contributed by atoms with van der Waals surface area (Å²) in [6.07, 6.45) is -2.07. The number of aliphatic carboxylic acids is 1. The van der Waals surface area contributed by atoms with Crippen molar-refractivity contribution >= 4 is 27.9 Å². The Labute approximate surface area is 256 Å². The second-order valence-corrected chi connectivity index (χ2v) is 12.9. The van der Waals surface area contributed by atoms with Gasteiger partial charge in [0.1, 0.15) is 16.4 Å². The molecule has 7 nitrogen and oxygen atoms in total. The Kier molecular flexibility index (Phi) is 10.0. The van der Waals surface area contributed by atoms with Crippen LogP contribution in [0.3, 0.4) is 0 Å². The molecule has 0 heterocycles. The zero-order valence-corrected chi connectivity index (χ0v) is 24.8. The van der Waals surface area contributed by atoms with Crippen molar-refractivity contribution in [2.24, 2.45) is 5.92 Å². The highest BCUT2D eigenvalue weighted by Gasteiger charge is 2.50. The van der Waals surface area contributed by atoms with Crippen molar-refractivity contribution in [1.82, 2.24) is 0 Å². The highest BCUT2D eigenvalue weighted by molar-refractivity contribution is 7.92. The number of benzene rings is 3. The third-order valence-corrected chi connectivity index (χ3v) is 10.5. The van der Waals surface area contributed by atoms with Crippen LogP contribution in [0.2, 0.25) is 0 Å². The van der Waals surface area contributed by atoms with E-state index in [1.54, 1.807) is 0 Å². The summed E-state index contributed by atoms with van der Waals surface area (Å²) >= 11 is 0. The molecule has 1 saturated carbocycles. The number of esters is 1. The summed E-state index contributed by atoms with van der Waals surface area (Å²) in [7, 11) is -3.16. The van der Waals surface area contributed by atoms with Crippen molar-refractivity contribution in [3.63, 3.8) is 0 Å². The molecule has 0 aliphatic heterocycles. The zero-order valence-electron chi connectivity index (χ0n) is 23.9. The highest BCUT2D eigenvalue weighted by Crippen LogP contribution is 2.50. The van der Waals surface area contributed by atoms with Gasteiger partial charge in [0.15, 0.2) is 21.3 Å². The van der Waals surface area contributed by atoms with E-state index in [1.165, 1.54) is 31.4 Å². The fraction of sp³-hybridized carbons (Fsp3) is 0.312. The van der Waals surface area contributed by atoms with Gasteiger partial charge in [0, 0.05) is 18.1 Å². The van der Waals surface area contributed by atoms with Crippen molar-refractivity contribution < 1.29 is 54.5 Å². The molecule has 0 atom stereocenters. The lowest BCUT2D eigenvalue weighted by Crippen LogP contribution is -2.40. The molecule has 0 radical (unpaired) electrons. The predicted octanol–water partition coefficient (Wildman–Crippen LogP) is 7.34. The van der Waals surface area contributed by atoms with Crippen molar-refractivity contribution in [3.05, 3.63) is 95.1 Å². The first-order valence-corrected chi connectivity index (χ1v) is 15.3. The van der Waals surface area contributed by atoms with Crippen LogP contribution in [0.25, 0.3) is 6.08 Å². The minimum atomic E-state index is -4.69. The standard InChI is InChI=1S/C32H29F5O7S/c1-43-28-18-21(3-12-29(38)39)2-11-27(28)44-30(40)13-4-20-14-16-31(17-15-20,25-19-23(33)7-10-26(25)34)45(41,42)24-8-5-22(6-9-24)32(35,36)37/h2-3,5-12,18-20H,4,13-17H2,1H3,(H,38,39)/b12-3+. The number of methoxy groups -OCH3 is 1. The van der Waals surface area contributed by atoms with Crippen molar-refractivity contribution in [2.75, 3.05) is 7.11 Å². The predicted molar refractivity (Wildman–Crippen MR) is 153 cm³/mol. The largest absolute Gasteiger partial charge is 0.493 e. The molecule has 1 N–H and O–H groups in total. The second-order valence-electron chi connectivity index (χ2n) is 10.7. The van der Waals surface area contributed by atoms with Crippen molar-refractivity contribution in [3.8, 4) is 11.5 Å². The van der Waals surface area contributed by atoms with Gasteiger partial charge in [-0.1, -0.05) is 6.07 Å². The lowest BCUT2D eigenvalue weighted by molar-refractivity contribution is -0.137. The molecule has 3 aromatic carbocycles. The number of alkyl halides is 3. The molecular weight excluding hydrogens is 623 g/mol. The number of ether oxygens (including phenoxy) is 2. The molecule has 1 aliphatic rings. The Bertz CT molecular complexity index is 1690. The van der Waals surface area contributed by atoms with Gasteiger partial charge < -0.3 is 14.6 Å². The maximum atomic E-state index is 15.1. The molecule has 0 unspecified atom stereocenters. The van der Waals surface area contributed by atoms with E-state index in [1.807, 2.05) is 0 Å². The SMILES string of the molecule is COc1cc(/C=C/C(=O)O)ccc1OC(=O)CCC1CCC(c2cc(F)ccc2F)(S(=O)(=O)c2ccc(C(F)(F)F)cc2)CC1. The number of carboxylic acid groups (broad SMARTS) is 1. The van der Waals surface area contributed by atoms with Crippen LogP contribution >= 0.6 is 0 Å². The molecule has 1 fully saturated rings. The highest BCUT2D eigenvalue weighted by atomic mass is 32.2. The van der Waals surface area contributed by atoms with Gasteiger partial charge in [-0.3, -0.25) is 4.79 Å². The Morgan fingerprint density at radius 1 is 0.978 bits per heavy atom. The number of rotatable bonds is 10. The van der Waals surface area contributed by atoms with Crippen LogP contribution < -0.4 is 9.47 Å². The van der Waals surface area contributed by atoms with Crippen molar-refractivity contribution in [2.45, 2.75) is 54.3 Å². The third-order valence-electron chi connectivity index (χ3n) is 7.93. The Hall–Kier alpha value is -4.26. The zero-order chi connectivity index (χ0) is 33.0. The van der Waals surface area contributed by atoms with E-state index in [4.69, 9.17) is 14.6 Å². The number of carbonyl (C=O) groups is 2. The summed E-state index contributed by atoms with van der Waals surface area (Å²) < 4.78 is 105. The summed E-state index contributed by atoms with van der Waals surface area (Å²) in [6.45, 7) is 0. The molecular formula is C32H29F5O7S. The molecule has 0 amide bonds.